The highest BCUT2D eigenvalue weighted by Gasteiger charge is 2.32. The fourth-order valence-electron chi connectivity index (χ4n) is 1.24. The van der Waals surface area contributed by atoms with Gasteiger partial charge in [0.15, 0.2) is 5.75 Å². The third kappa shape index (κ3) is 3.71. The smallest absolute Gasteiger partial charge is 0.404 e. The molecule has 1 aromatic rings. The Balaban J connectivity index is 3.24. The molecule has 0 aromatic carbocycles. The maximum atomic E-state index is 12.1. The number of pyridine rings is 1. The van der Waals surface area contributed by atoms with Gasteiger partial charge >= 0.3 is 6.36 Å². The van der Waals surface area contributed by atoms with Crippen LogP contribution in [-0.2, 0) is 13.0 Å². The van der Waals surface area contributed by atoms with Crippen LogP contribution in [0.15, 0.2) is 6.20 Å². The van der Waals surface area contributed by atoms with Gasteiger partial charge in [0, 0.05) is 17.7 Å². The van der Waals surface area contributed by atoms with Gasteiger partial charge in [-0.05, 0) is 22.6 Å². The number of halogens is 4. The topological polar surface area (TPSA) is 71.9 Å². The van der Waals surface area contributed by atoms with E-state index in [1.807, 2.05) is 28.7 Å². The van der Waals surface area contributed by atoms with Crippen LogP contribution in [0.2, 0.25) is 0 Å². The third-order valence-corrected chi connectivity index (χ3v) is 2.82. The minimum atomic E-state index is -4.80. The maximum Gasteiger partial charge on any atom is 0.573 e. The normalized spacial score (nSPS) is 11.1. The summed E-state index contributed by atoms with van der Waals surface area (Å²) in [4.78, 5) is 3.75. The number of aromatic nitrogens is 1. The summed E-state index contributed by atoms with van der Waals surface area (Å²) in [5.74, 6) is -0.453. The van der Waals surface area contributed by atoms with Gasteiger partial charge in [0.05, 0.1) is 18.7 Å². The Kier molecular flexibility index (Phi) is 4.53. The molecule has 0 spiro atoms. The first kappa shape index (κ1) is 14.0. The van der Waals surface area contributed by atoms with Crippen LogP contribution in [-0.4, -0.2) is 11.3 Å². The van der Waals surface area contributed by atoms with E-state index >= 15 is 0 Å². The molecule has 0 amide bonds. The van der Waals surface area contributed by atoms with Crippen molar-refractivity contribution in [1.82, 2.24) is 4.98 Å². The van der Waals surface area contributed by atoms with E-state index in [0.29, 0.717) is 9.26 Å². The lowest BCUT2D eigenvalue weighted by atomic mass is 10.1. The van der Waals surface area contributed by atoms with Gasteiger partial charge in [0.2, 0.25) is 0 Å². The zero-order chi connectivity index (χ0) is 13.1. The van der Waals surface area contributed by atoms with Crippen molar-refractivity contribution in [2.45, 2.75) is 19.3 Å². The second-order valence-electron chi connectivity index (χ2n) is 2.96. The Bertz CT molecular complexity index is 456. The van der Waals surface area contributed by atoms with Crippen LogP contribution in [0.4, 0.5) is 13.2 Å². The zero-order valence-electron chi connectivity index (χ0n) is 8.38. The van der Waals surface area contributed by atoms with Crippen LogP contribution in [0.1, 0.15) is 11.1 Å². The van der Waals surface area contributed by atoms with Crippen molar-refractivity contribution in [3.63, 3.8) is 0 Å². The van der Waals surface area contributed by atoms with E-state index < -0.39 is 12.1 Å². The Hall–Kier alpha value is -1.08. The van der Waals surface area contributed by atoms with Crippen LogP contribution < -0.4 is 10.5 Å². The maximum absolute atomic E-state index is 12.1. The molecular weight excluding hydrogens is 350 g/mol. The Labute approximate surface area is 109 Å². The quantitative estimate of drug-likeness (QED) is 0.665. The SMILES string of the molecule is N#CCc1c(I)ncc(OC(F)(F)F)c1CN. The number of hydrogen-bond acceptors (Lipinski definition) is 4. The molecule has 2 N–H and O–H groups in total. The summed E-state index contributed by atoms with van der Waals surface area (Å²) in [6.45, 7) is -0.152. The Morgan fingerprint density at radius 2 is 2.12 bits per heavy atom. The van der Waals surface area contributed by atoms with Gasteiger partial charge < -0.3 is 10.5 Å². The fourth-order valence-corrected chi connectivity index (χ4v) is 1.89. The molecule has 0 atom stereocenters. The van der Waals surface area contributed by atoms with Gasteiger partial charge in [-0.1, -0.05) is 0 Å². The number of hydrogen-bond donors (Lipinski definition) is 1. The number of nitrogens with zero attached hydrogens (tertiary/aromatic N) is 2. The lowest BCUT2D eigenvalue weighted by Crippen LogP contribution is -2.20. The largest absolute Gasteiger partial charge is 0.573 e. The summed E-state index contributed by atoms with van der Waals surface area (Å²) >= 11 is 1.83. The van der Waals surface area contributed by atoms with Crippen LogP contribution in [0.3, 0.4) is 0 Å². The number of alkyl halides is 3. The first-order valence-corrected chi connectivity index (χ1v) is 5.46. The van der Waals surface area contributed by atoms with E-state index in [1.165, 1.54) is 0 Å². The summed E-state index contributed by atoms with van der Waals surface area (Å²) in [5, 5.41) is 8.60. The number of ether oxygens (including phenoxy) is 1. The zero-order valence-corrected chi connectivity index (χ0v) is 10.5. The van der Waals surface area contributed by atoms with E-state index in [9.17, 15) is 13.2 Å². The van der Waals surface area contributed by atoms with Gasteiger partial charge in [-0.3, -0.25) is 0 Å². The monoisotopic (exact) mass is 357 g/mol. The average Bonchev–Trinajstić information content (AvgIpc) is 2.21. The molecule has 92 valence electrons. The number of nitriles is 1. The van der Waals surface area contributed by atoms with Crippen molar-refractivity contribution >= 4 is 22.6 Å². The molecule has 0 bridgehead atoms. The van der Waals surface area contributed by atoms with Crippen LogP contribution in [0.5, 0.6) is 5.75 Å². The summed E-state index contributed by atoms with van der Waals surface area (Å²) in [5.41, 5.74) is 5.91. The predicted octanol–water partition coefficient (Wildman–Crippen LogP) is 2.11. The molecule has 0 aliphatic carbocycles. The number of rotatable bonds is 3. The van der Waals surface area contributed by atoms with E-state index in [-0.39, 0.29) is 18.5 Å². The lowest BCUT2D eigenvalue weighted by molar-refractivity contribution is -0.275. The second kappa shape index (κ2) is 5.50. The van der Waals surface area contributed by atoms with Crippen molar-refractivity contribution < 1.29 is 17.9 Å². The average molecular weight is 357 g/mol. The molecule has 1 heterocycles. The first-order chi connectivity index (χ1) is 7.89. The molecular formula is C9H7F3IN3O. The van der Waals surface area contributed by atoms with E-state index in [0.717, 1.165) is 6.20 Å². The molecule has 1 aromatic heterocycles. The Morgan fingerprint density at radius 3 is 2.59 bits per heavy atom. The number of nitrogens with two attached hydrogens (primary N) is 1. The molecule has 0 radical (unpaired) electrons. The molecule has 4 nitrogen and oxygen atoms in total. The van der Waals surface area contributed by atoms with Crippen molar-refractivity contribution in [3.05, 3.63) is 21.0 Å². The van der Waals surface area contributed by atoms with Gasteiger partial charge in [0.25, 0.3) is 0 Å². The van der Waals surface area contributed by atoms with E-state index in [1.54, 1.807) is 0 Å². The highest BCUT2D eigenvalue weighted by molar-refractivity contribution is 14.1. The van der Waals surface area contributed by atoms with Gasteiger partial charge in [0.1, 0.15) is 3.70 Å². The summed E-state index contributed by atoms with van der Waals surface area (Å²) in [6, 6.07) is 1.85. The van der Waals surface area contributed by atoms with Crippen LogP contribution in [0.25, 0.3) is 0 Å². The molecule has 0 saturated heterocycles. The van der Waals surface area contributed by atoms with E-state index in [4.69, 9.17) is 11.0 Å². The van der Waals surface area contributed by atoms with Crippen LogP contribution >= 0.6 is 22.6 Å². The van der Waals surface area contributed by atoms with Crippen molar-refractivity contribution in [2.75, 3.05) is 0 Å². The standard InChI is InChI=1S/C9H7F3IN3O/c10-9(11,12)17-7-4-16-8(13)5(1-2-14)6(7)3-15/h4H,1,3,15H2. The highest BCUT2D eigenvalue weighted by Crippen LogP contribution is 2.29. The Morgan fingerprint density at radius 1 is 1.47 bits per heavy atom. The molecule has 0 unspecified atom stereocenters. The van der Waals surface area contributed by atoms with Crippen molar-refractivity contribution in [2.24, 2.45) is 5.73 Å². The summed E-state index contributed by atoms with van der Waals surface area (Å²) in [7, 11) is 0. The molecule has 0 aliphatic heterocycles. The van der Waals surface area contributed by atoms with E-state index in [2.05, 4.69) is 9.72 Å². The second-order valence-corrected chi connectivity index (χ2v) is 3.98. The summed E-state index contributed by atoms with van der Waals surface area (Å²) in [6.07, 6.45) is -3.91. The molecule has 8 heteroatoms. The first-order valence-electron chi connectivity index (χ1n) is 4.38. The molecule has 0 fully saturated rings. The molecule has 17 heavy (non-hydrogen) atoms. The minimum absolute atomic E-state index is 0.0626. The molecule has 1 rings (SSSR count). The van der Waals surface area contributed by atoms with Gasteiger partial charge in [-0.25, -0.2) is 4.98 Å². The van der Waals surface area contributed by atoms with Gasteiger partial charge in [-0.2, -0.15) is 5.26 Å². The third-order valence-electron chi connectivity index (χ3n) is 1.89. The molecule has 0 saturated carbocycles. The van der Waals surface area contributed by atoms with Crippen LogP contribution in [0, 0.1) is 15.0 Å². The van der Waals surface area contributed by atoms with Gasteiger partial charge in [-0.15, -0.1) is 13.2 Å². The minimum Gasteiger partial charge on any atom is -0.404 e. The van der Waals surface area contributed by atoms with Crippen molar-refractivity contribution in [1.29, 1.82) is 5.26 Å². The summed E-state index contributed by atoms with van der Waals surface area (Å²) < 4.78 is 40.6. The van der Waals surface area contributed by atoms with Crippen molar-refractivity contribution in [3.8, 4) is 11.8 Å². The molecule has 0 aliphatic rings. The highest BCUT2D eigenvalue weighted by atomic mass is 127. The lowest BCUT2D eigenvalue weighted by Gasteiger charge is -2.15. The predicted molar refractivity (Wildman–Crippen MR) is 60.8 cm³/mol. The fraction of sp³-hybridized carbons (Fsp3) is 0.333.